The second-order valence-electron chi connectivity index (χ2n) is 7.12. The maximum absolute atomic E-state index is 12.4. The Morgan fingerprint density at radius 2 is 1.96 bits per heavy atom. The Morgan fingerprint density at radius 3 is 2.56 bits per heavy atom. The Hall–Kier alpha value is -3.09. The summed E-state index contributed by atoms with van der Waals surface area (Å²) in [6.45, 7) is 13.0. The van der Waals surface area contributed by atoms with Gasteiger partial charge < -0.3 is 20.5 Å². The molecule has 0 spiro atoms. The van der Waals surface area contributed by atoms with E-state index >= 15 is 0 Å². The number of benzene rings is 1. The lowest BCUT2D eigenvalue weighted by molar-refractivity contribution is -0.117. The lowest BCUT2D eigenvalue weighted by Gasteiger charge is -2.28. The minimum atomic E-state index is -0.750. The molecule has 7 nitrogen and oxygen atoms in total. The van der Waals surface area contributed by atoms with E-state index in [1.165, 1.54) is 0 Å². The molecule has 1 aromatic carbocycles. The molecular formula is C20H26N4O3. The minimum absolute atomic E-state index is 0.309. The molecular weight excluding hydrogens is 344 g/mol. The zero-order chi connectivity index (χ0) is 20.2. The third-order valence-corrected chi connectivity index (χ3v) is 4.12. The van der Waals surface area contributed by atoms with Crippen LogP contribution >= 0.6 is 0 Å². The van der Waals surface area contributed by atoms with Crippen LogP contribution in [0.3, 0.4) is 0 Å². The highest BCUT2D eigenvalue weighted by atomic mass is 16.5. The summed E-state index contributed by atoms with van der Waals surface area (Å²) in [4.78, 5) is 24.5. The number of aromatic nitrogens is 1. The van der Waals surface area contributed by atoms with E-state index in [0.717, 1.165) is 16.7 Å². The van der Waals surface area contributed by atoms with Gasteiger partial charge in [-0.25, -0.2) is 4.79 Å². The smallest absolute Gasteiger partial charge is 0.316 e. The fourth-order valence-electron chi connectivity index (χ4n) is 2.49. The van der Waals surface area contributed by atoms with Crippen molar-refractivity contribution in [3.63, 3.8) is 0 Å². The summed E-state index contributed by atoms with van der Waals surface area (Å²) in [5.41, 5.74) is 2.27. The maximum Gasteiger partial charge on any atom is 0.316 e. The van der Waals surface area contributed by atoms with Gasteiger partial charge in [-0.3, -0.25) is 4.79 Å². The van der Waals surface area contributed by atoms with Crippen LogP contribution in [-0.4, -0.2) is 23.1 Å². The van der Waals surface area contributed by atoms with Crippen molar-refractivity contribution >= 4 is 23.3 Å². The third kappa shape index (κ3) is 5.44. The molecule has 2 aromatic rings. The fraction of sp³-hybridized carbons (Fsp3) is 0.350. The van der Waals surface area contributed by atoms with Crippen LogP contribution in [-0.2, 0) is 10.3 Å². The van der Waals surface area contributed by atoms with Crippen LogP contribution in [0.4, 0.5) is 10.6 Å². The number of nitrogens with zero attached hydrogens (tertiary/aromatic N) is 1. The van der Waals surface area contributed by atoms with Gasteiger partial charge in [-0.05, 0) is 51.8 Å². The van der Waals surface area contributed by atoms with E-state index in [9.17, 15) is 9.59 Å². The van der Waals surface area contributed by atoms with Crippen LogP contribution in [0.1, 0.15) is 44.6 Å². The highest BCUT2D eigenvalue weighted by Crippen LogP contribution is 2.23. The van der Waals surface area contributed by atoms with Crippen LogP contribution in [0.2, 0.25) is 0 Å². The Labute approximate surface area is 159 Å². The number of urea groups is 1. The fourth-order valence-corrected chi connectivity index (χ4v) is 2.49. The molecule has 1 atom stereocenters. The quantitative estimate of drug-likeness (QED) is 0.724. The van der Waals surface area contributed by atoms with Gasteiger partial charge >= 0.3 is 6.03 Å². The average Bonchev–Trinajstić information content (AvgIpc) is 2.99. The first-order chi connectivity index (χ1) is 12.6. The third-order valence-electron chi connectivity index (χ3n) is 4.12. The van der Waals surface area contributed by atoms with Crippen molar-refractivity contribution in [2.75, 3.05) is 5.32 Å². The van der Waals surface area contributed by atoms with Gasteiger partial charge in [0.25, 0.3) is 0 Å². The molecule has 0 aliphatic heterocycles. The standard InChI is InChI=1S/C20H26N4O3/c1-12(2)15-8-7-9-16(11-15)20(5,6)23-19(26)21-14(4)18(25)22-17-10-13(3)27-24-17/h7-11,14H,1H2,2-6H3,(H2,21,23,26)(H,22,24,25)/t14-/m0/s1. The van der Waals surface area contributed by atoms with Crippen LogP contribution in [0.25, 0.3) is 5.57 Å². The molecule has 144 valence electrons. The zero-order valence-electron chi connectivity index (χ0n) is 16.3. The minimum Gasteiger partial charge on any atom is -0.360 e. The average molecular weight is 370 g/mol. The van der Waals surface area contributed by atoms with E-state index in [1.54, 1.807) is 19.9 Å². The molecule has 27 heavy (non-hydrogen) atoms. The number of amides is 3. The number of hydrogen-bond donors (Lipinski definition) is 3. The zero-order valence-corrected chi connectivity index (χ0v) is 16.3. The van der Waals surface area contributed by atoms with Gasteiger partial charge in [-0.15, -0.1) is 0 Å². The summed E-state index contributed by atoms with van der Waals surface area (Å²) < 4.78 is 4.90. The SMILES string of the molecule is C=C(C)c1cccc(C(C)(C)NC(=O)N[C@@H](C)C(=O)Nc2cc(C)on2)c1. The molecule has 0 saturated carbocycles. The normalized spacial score (nSPS) is 12.2. The van der Waals surface area contributed by atoms with Crippen LogP contribution < -0.4 is 16.0 Å². The van der Waals surface area contributed by atoms with Crippen molar-refractivity contribution in [3.05, 3.63) is 53.8 Å². The molecule has 0 aliphatic carbocycles. The van der Waals surface area contributed by atoms with E-state index in [4.69, 9.17) is 4.52 Å². The molecule has 0 fully saturated rings. The van der Waals surface area contributed by atoms with Gasteiger partial charge in [0.2, 0.25) is 5.91 Å². The van der Waals surface area contributed by atoms with Gasteiger partial charge in [0.1, 0.15) is 11.8 Å². The van der Waals surface area contributed by atoms with Crippen LogP contribution in [0, 0.1) is 6.92 Å². The number of carbonyl (C=O) groups is 2. The Morgan fingerprint density at radius 1 is 1.26 bits per heavy atom. The molecule has 0 saturated heterocycles. The predicted molar refractivity (Wildman–Crippen MR) is 105 cm³/mol. The predicted octanol–water partition coefficient (Wildman–Crippen LogP) is 3.58. The van der Waals surface area contributed by atoms with Crippen LogP contribution in [0.5, 0.6) is 0 Å². The van der Waals surface area contributed by atoms with Gasteiger partial charge in [0.05, 0.1) is 5.54 Å². The van der Waals surface area contributed by atoms with E-state index < -0.39 is 17.6 Å². The summed E-state index contributed by atoms with van der Waals surface area (Å²) in [6.07, 6.45) is 0. The second-order valence-corrected chi connectivity index (χ2v) is 7.12. The van der Waals surface area contributed by atoms with Crippen molar-refractivity contribution in [2.45, 2.75) is 46.2 Å². The summed E-state index contributed by atoms with van der Waals surface area (Å²) in [7, 11) is 0. The van der Waals surface area contributed by atoms with E-state index in [-0.39, 0.29) is 5.91 Å². The van der Waals surface area contributed by atoms with Gasteiger partial charge in [0, 0.05) is 6.07 Å². The number of nitrogens with one attached hydrogen (secondary N) is 3. The second kappa shape index (κ2) is 8.07. The molecule has 3 amide bonds. The Bertz CT molecular complexity index is 854. The molecule has 7 heteroatoms. The van der Waals surface area contributed by atoms with Crippen molar-refractivity contribution in [3.8, 4) is 0 Å². The largest absolute Gasteiger partial charge is 0.360 e. The Kier molecular flexibility index (Phi) is 6.05. The number of rotatable bonds is 6. The van der Waals surface area contributed by atoms with Gasteiger partial charge in [-0.2, -0.15) is 0 Å². The maximum atomic E-state index is 12.4. The van der Waals surface area contributed by atoms with Crippen LogP contribution in [0.15, 0.2) is 41.4 Å². The van der Waals surface area contributed by atoms with Crippen molar-refractivity contribution < 1.29 is 14.1 Å². The topological polar surface area (TPSA) is 96.3 Å². The highest BCUT2D eigenvalue weighted by Gasteiger charge is 2.25. The van der Waals surface area contributed by atoms with Crippen molar-refractivity contribution in [1.29, 1.82) is 0 Å². The monoisotopic (exact) mass is 370 g/mol. The van der Waals surface area contributed by atoms with E-state index in [1.807, 2.05) is 45.0 Å². The molecule has 1 aromatic heterocycles. The summed E-state index contributed by atoms with van der Waals surface area (Å²) in [5.74, 6) is 0.506. The molecule has 0 radical (unpaired) electrons. The molecule has 0 unspecified atom stereocenters. The summed E-state index contributed by atoms with van der Waals surface area (Å²) in [5, 5.41) is 11.8. The summed E-state index contributed by atoms with van der Waals surface area (Å²) >= 11 is 0. The number of allylic oxidation sites excluding steroid dienone is 1. The lowest BCUT2D eigenvalue weighted by atomic mass is 9.92. The molecule has 0 bridgehead atoms. The summed E-state index contributed by atoms with van der Waals surface area (Å²) in [6, 6.07) is 8.24. The molecule has 2 rings (SSSR count). The van der Waals surface area contributed by atoms with Crippen molar-refractivity contribution in [2.24, 2.45) is 0 Å². The molecule has 3 N–H and O–H groups in total. The first-order valence-electron chi connectivity index (χ1n) is 8.68. The van der Waals surface area contributed by atoms with Gasteiger partial charge in [-0.1, -0.05) is 35.5 Å². The molecule has 1 heterocycles. The number of carbonyl (C=O) groups excluding carboxylic acids is 2. The van der Waals surface area contributed by atoms with E-state index in [2.05, 4.69) is 27.7 Å². The number of aryl methyl sites for hydroxylation is 1. The molecule has 0 aliphatic rings. The highest BCUT2D eigenvalue weighted by molar-refractivity contribution is 5.96. The lowest BCUT2D eigenvalue weighted by Crippen LogP contribution is -2.51. The first kappa shape index (κ1) is 20.2. The number of anilines is 1. The van der Waals surface area contributed by atoms with Gasteiger partial charge in [0.15, 0.2) is 5.82 Å². The number of hydrogen-bond acceptors (Lipinski definition) is 4. The van der Waals surface area contributed by atoms with E-state index in [0.29, 0.717) is 11.6 Å². The van der Waals surface area contributed by atoms with Crippen molar-refractivity contribution in [1.82, 2.24) is 15.8 Å². The Balaban J connectivity index is 1.97. The first-order valence-corrected chi connectivity index (χ1v) is 8.68.